The van der Waals surface area contributed by atoms with Gasteiger partial charge in [0.2, 0.25) is 5.91 Å². The fourth-order valence-electron chi connectivity index (χ4n) is 3.22. The van der Waals surface area contributed by atoms with E-state index in [1.54, 1.807) is 0 Å². The molecule has 2 rings (SSSR count). The van der Waals surface area contributed by atoms with Gasteiger partial charge in [0.05, 0.1) is 11.8 Å². The van der Waals surface area contributed by atoms with Crippen molar-refractivity contribution in [3.63, 3.8) is 0 Å². The Bertz CT molecular complexity index is 343. The van der Waals surface area contributed by atoms with E-state index in [9.17, 15) is 9.59 Å². The number of hydrogen-bond donors (Lipinski definition) is 1. The molecule has 0 spiro atoms. The van der Waals surface area contributed by atoms with Gasteiger partial charge in [-0.3, -0.25) is 9.59 Å². The molecule has 2 aliphatic rings. The molecule has 1 amide bonds. The van der Waals surface area contributed by atoms with Crippen LogP contribution in [0.3, 0.4) is 0 Å². The molecule has 4 nitrogen and oxygen atoms in total. The summed E-state index contributed by atoms with van der Waals surface area (Å²) in [5, 5.41) is 9.14. The number of nitrogens with zero attached hydrogens (tertiary/aromatic N) is 1. The van der Waals surface area contributed by atoms with E-state index in [0.29, 0.717) is 0 Å². The molecule has 2 atom stereocenters. The van der Waals surface area contributed by atoms with E-state index in [2.05, 4.69) is 0 Å². The van der Waals surface area contributed by atoms with E-state index in [1.807, 2.05) is 18.7 Å². The van der Waals surface area contributed by atoms with Crippen LogP contribution in [0.2, 0.25) is 0 Å². The summed E-state index contributed by atoms with van der Waals surface area (Å²) in [7, 11) is 0. The predicted molar refractivity (Wildman–Crippen MR) is 68.1 cm³/mol. The number of likely N-dealkylation sites (tertiary alicyclic amines) is 1. The van der Waals surface area contributed by atoms with Crippen LogP contribution in [0.1, 0.15) is 46.0 Å². The largest absolute Gasteiger partial charge is 0.481 e. The Morgan fingerprint density at radius 3 is 1.94 bits per heavy atom. The molecule has 102 valence electrons. The highest BCUT2D eigenvalue weighted by Gasteiger charge is 2.66. The number of carboxylic acid groups (broad SMARTS) is 1. The average molecular weight is 253 g/mol. The summed E-state index contributed by atoms with van der Waals surface area (Å²) in [6.07, 6.45) is 5.72. The number of carbonyl (C=O) groups is 2. The number of amides is 1. The van der Waals surface area contributed by atoms with Crippen LogP contribution in [-0.4, -0.2) is 35.0 Å². The number of aliphatic carboxylic acids is 1. The molecule has 2 fully saturated rings. The fourth-order valence-corrected chi connectivity index (χ4v) is 3.22. The van der Waals surface area contributed by atoms with Crippen molar-refractivity contribution in [1.29, 1.82) is 0 Å². The maximum Gasteiger partial charge on any atom is 0.307 e. The van der Waals surface area contributed by atoms with Crippen molar-refractivity contribution >= 4 is 11.9 Å². The fraction of sp³-hybridized carbons (Fsp3) is 0.857. The summed E-state index contributed by atoms with van der Waals surface area (Å²) in [4.78, 5) is 25.4. The van der Waals surface area contributed by atoms with Gasteiger partial charge in [-0.25, -0.2) is 0 Å². The number of carbonyl (C=O) groups excluding carboxylic acids is 1. The third-order valence-corrected chi connectivity index (χ3v) is 4.53. The first-order chi connectivity index (χ1) is 8.46. The Morgan fingerprint density at radius 2 is 1.50 bits per heavy atom. The third kappa shape index (κ3) is 2.38. The minimum absolute atomic E-state index is 0.0642. The normalized spacial score (nSPS) is 31.3. The molecule has 4 heteroatoms. The Kier molecular flexibility index (Phi) is 3.64. The van der Waals surface area contributed by atoms with Crippen molar-refractivity contribution in [2.75, 3.05) is 13.1 Å². The lowest BCUT2D eigenvalue weighted by atomic mass is 10.1. The lowest BCUT2D eigenvalue weighted by Gasteiger charge is -2.25. The minimum atomic E-state index is -0.828. The zero-order valence-corrected chi connectivity index (χ0v) is 11.3. The molecule has 0 bridgehead atoms. The molecule has 1 saturated heterocycles. The molecule has 1 heterocycles. The van der Waals surface area contributed by atoms with Crippen molar-refractivity contribution in [2.45, 2.75) is 46.0 Å². The molecule has 0 aromatic rings. The Morgan fingerprint density at radius 1 is 1.00 bits per heavy atom. The van der Waals surface area contributed by atoms with E-state index in [-0.39, 0.29) is 17.2 Å². The van der Waals surface area contributed by atoms with Gasteiger partial charge in [-0.2, -0.15) is 0 Å². The maximum atomic E-state index is 12.4. The number of carboxylic acids is 1. The van der Waals surface area contributed by atoms with Crippen LogP contribution >= 0.6 is 0 Å². The SMILES string of the molecule is CC1(C)[C@H](C(=O)O)[C@@H]1C(=O)N1CCCCCCC1. The smallest absolute Gasteiger partial charge is 0.307 e. The van der Waals surface area contributed by atoms with Gasteiger partial charge in [0.1, 0.15) is 0 Å². The van der Waals surface area contributed by atoms with Gasteiger partial charge in [-0.15, -0.1) is 0 Å². The van der Waals surface area contributed by atoms with Gasteiger partial charge in [0.25, 0.3) is 0 Å². The first-order valence-electron chi connectivity index (χ1n) is 6.98. The maximum absolute atomic E-state index is 12.4. The van der Waals surface area contributed by atoms with Crippen LogP contribution < -0.4 is 0 Å². The van der Waals surface area contributed by atoms with Crippen molar-refractivity contribution in [3.05, 3.63) is 0 Å². The first-order valence-corrected chi connectivity index (χ1v) is 6.98. The van der Waals surface area contributed by atoms with Crippen molar-refractivity contribution in [1.82, 2.24) is 4.90 Å². The van der Waals surface area contributed by atoms with E-state index in [0.717, 1.165) is 25.9 Å². The van der Waals surface area contributed by atoms with E-state index in [4.69, 9.17) is 5.11 Å². The van der Waals surface area contributed by atoms with Gasteiger partial charge in [-0.1, -0.05) is 33.1 Å². The summed E-state index contributed by atoms with van der Waals surface area (Å²) in [6, 6.07) is 0. The molecule has 0 aromatic heterocycles. The molecule has 0 aromatic carbocycles. The Hall–Kier alpha value is -1.06. The quantitative estimate of drug-likeness (QED) is 0.820. The van der Waals surface area contributed by atoms with Crippen LogP contribution in [0.25, 0.3) is 0 Å². The number of rotatable bonds is 2. The standard InChI is InChI=1S/C14H23NO3/c1-14(2)10(11(14)13(17)18)12(16)15-8-6-4-3-5-7-9-15/h10-11H,3-9H2,1-2H3,(H,17,18)/t10-,11+/m1/s1. The number of hydrogen-bond acceptors (Lipinski definition) is 2. The van der Waals surface area contributed by atoms with Crippen LogP contribution in [0, 0.1) is 17.3 Å². The van der Waals surface area contributed by atoms with Gasteiger partial charge >= 0.3 is 5.97 Å². The average Bonchev–Trinajstić information content (AvgIpc) is 2.80. The lowest BCUT2D eigenvalue weighted by Crippen LogP contribution is -2.36. The second-order valence-electron chi connectivity index (χ2n) is 6.21. The molecular weight excluding hydrogens is 230 g/mol. The first kappa shape index (κ1) is 13.4. The second-order valence-corrected chi connectivity index (χ2v) is 6.21. The molecule has 0 radical (unpaired) electrons. The molecule has 1 N–H and O–H groups in total. The molecule has 1 aliphatic heterocycles. The third-order valence-electron chi connectivity index (χ3n) is 4.53. The molecule has 0 unspecified atom stereocenters. The zero-order chi connectivity index (χ0) is 13.3. The van der Waals surface area contributed by atoms with Crippen molar-refractivity contribution in [3.8, 4) is 0 Å². The van der Waals surface area contributed by atoms with E-state index in [1.165, 1.54) is 19.3 Å². The summed E-state index contributed by atoms with van der Waals surface area (Å²) in [6.45, 7) is 5.38. The highest BCUT2D eigenvalue weighted by atomic mass is 16.4. The molecule has 1 aliphatic carbocycles. The minimum Gasteiger partial charge on any atom is -0.481 e. The van der Waals surface area contributed by atoms with Crippen LogP contribution in [0.5, 0.6) is 0 Å². The zero-order valence-electron chi connectivity index (χ0n) is 11.3. The monoisotopic (exact) mass is 253 g/mol. The van der Waals surface area contributed by atoms with Crippen LogP contribution in [0.15, 0.2) is 0 Å². The molecule has 18 heavy (non-hydrogen) atoms. The predicted octanol–water partition coefficient (Wildman–Crippen LogP) is 2.14. The Labute approximate surface area is 108 Å². The van der Waals surface area contributed by atoms with Crippen LogP contribution in [-0.2, 0) is 9.59 Å². The highest BCUT2D eigenvalue weighted by Crippen LogP contribution is 2.59. The van der Waals surface area contributed by atoms with Crippen molar-refractivity contribution in [2.24, 2.45) is 17.3 Å². The van der Waals surface area contributed by atoms with Gasteiger partial charge < -0.3 is 10.0 Å². The van der Waals surface area contributed by atoms with Crippen LogP contribution in [0.4, 0.5) is 0 Å². The topological polar surface area (TPSA) is 57.6 Å². The highest BCUT2D eigenvalue weighted by molar-refractivity contribution is 5.91. The van der Waals surface area contributed by atoms with Crippen molar-refractivity contribution < 1.29 is 14.7 Å². The summed E-state index contributed by atoms with van der Waals surface area (Å²) < 4.78 is 0. The molecular formula is C14H23NO3. The second kappa shape index (κ2) is 4.90. The molecule has 1 saturated carbocycles. The summed E-state index contributed by atoms with van der Waals surface area (Å²) in [5.41, 5.74) is -0.370. The van der Waals surface area contributed by atoms with E-state index < -0.39 is 11.9 Å². The lowest BCUT2D eigenvalue weighted by molar-refractivity contribution is -0.142. The Balaban J connectivity index is 2.00. The van der Waals surface area contributed by atoms with Gasteiger partial charge in [0, 0.05) is 13.1 Å². The van der Waals surface area contributed by atoms with Gasteiger partial charge in [0.15, 0.2) is 0 Å². The summed E-state index contributed by atoms with van der Waals surface area (Å²) in [5.74, 6) is -1.57. The summed E-state index contributed by atoms with van der Waals surface area (Å²) >= 11 is 0. The van der Waals surface area contributed by atoms with Gasteiger partial charge in [-0.05, 0) is 18.3 Å². The van der Waals surface area contributed by atoms with E-state index >= 15 is 0 Å².